The molecule has 0 spiro atoms. The largest absolute Gasteiger partial charge is 0.395 e. The third-order valence-electron chi connectivity index (χ3n) is 4.00. The van der Waals surface area contributed by atoms with Crippen LogP contribution in [-0.2, 0) is 10.0 Å². The number of unbranched alkanes of at least 4 members (excludes halogenated alkanes) is 1. The van der Waals surface area contributed by atoms with Crippen LogP contribution in [0.3, 0.4) is 0 Å². The highest BCUT2D eigenvalue weighted by Crippen LogP contribution is 2.20. The summed E-state index contributed by atoms with van der Waals surface area (Å²) in [7, 11) is -3.54. The van der Waals surface area contributed by atoms with Crippen molar-refractivity contribution in [2.45, 2.75) is 36.6 Å². The molecule has 0 aromatic heterocycles. The summed E-state index contributed by atoms with van der Waals surface area (Å²) in [4.78, 5) is 2.40. The van der Waals surface area contributed by atoms with Gasteiger partial charge in [0.15, 0.2) is 0 Å². The van der Waals surface area contributed by atoms with Crippen LogP contribution >= 0.6 is 11.6 Å². The van der Waals surface area contributed by atoms with Crippen LogP contribution in [0.2, 0.25) is 5.02 Å². The predicted molar refractivity (Wildman–Crippen MR) is 87.6 cm³/mol. The van der Waals surface area contributed by atoms with Gasteiger partial charge in [-0.05, 0) is 50.9 Å². The van der Waals surface area contributed by atoms with Gasteiger partial charge in [0.1, 0.15) is 4.90 Å². The number of sulfonamides is 1. The van der Waals surface area contributed by atoms with Crippen LogP contribution in [0.1, 0.15) is 25.7 Å². The average molecular weight is 347 g/mol. The Morgan fingerprint density at radius 1 is 1.32 bits per heavy atom. The molecule has 0 saturated carbocycles. The Morgan fingerprint density at radius 3 is 2.82 bits per heavy atom. The van der Waals surface area contributed by atoms with Crippen molar-refractivity contribution in [3.05, 3.63) is 29.3 Å². The summed E-state index contributed by atoms with van der Waals surface area (Å²) in [6, 6.07) is 6.71. The highest BCUT2D eigenvalue weighted by molar-refractivity contribution is 7.89. The fraction of sp³-hybridized carbons (Fsp3) is 0.600. The number of likely N-dealkylation sites (tertiary alicyclic amines) is 1. The van der Waals surface area contributed by atoms with Crippen LogP contribution in [0.15, 0.2) is 29.2 Å². The molecule has 0 radical (unpaired) electrons. The highest BCUT2D eigenvalue weighted by atomic mass is 35.5. The number of nitrogens with one attached hydrogen (secondary N) is 1. The van der Waals surface area contributed by atoms with Crippen LogP contribution in [0.4, 0.5) is 0 Å². The third-order valence-corrected chi connectivity index (χ3v) is 5.96. The second kappa shape index (κ2) is 8.26. The van der Waals surface area contributed by atoms with Crippen molar-refractivity contribution in [2.75, 3.05) is 26.2 Å². The molecule has 1 heterocycles. The Hall–Kier alpha value is -0.660. The average Bonchev–Trinajstić information content (AvgIpc) is 2.94. The van der Waals surface area contributed by atoms with Crippen LogP contribution < -0.4 is 4.72 Å². The number of benzene rings is 1. The number of nitrogens with zero attached hydrogens (tertiary/aromatic N) is 1. The van der Waals surface area contributed by atoms with Gasteiger partial charge in [-0.3, -0.25) is 4.90 Å². The van der Waals surface area contributed by atoms with E-state index in [2.05, 4.69) is 9.62 Å². The molecule has 1 aliphatic rings. The predicted octanol–water partition coefficient (Wildman–Crippen LogP) is 1.86. The minimum absolute atomic E-state index is 0.122. The number of halogens is 1. The van der Waals surface area contributed by atoms with Crippen molar-refractivity contribution in [2.24, 2.45) is 0 Å². The summed E-state index contributed by atoms with van der Waals surface area (Å²) in [5.74, 6) is 0. The first kappa shape index (κ1) is 17.7. The zero-order valence-corrected chi connectivity index (χ0v) is 14.1. The van der Waals surface area contributed by atoms with E-state index in [1.807, 2.05) is 0 Å². The van der Waals surface area contributed by atoms with Gasteiger partial charge in [0, 0.05) is 12.6 Å². The smallest absolute Gasteiger partial charge is 0.242 e. The SMILES string of the molecule is O=S(=O)(NCCCCN1CCCC1CO)c1ccccc1Cl. The third kappa shape index (κ3) is 4.67. The Balaban J connectivity index is 1.73. The Kier molecular flexibility index (Phi) is 6.65. The quantitative estimate of drug-likeness (QED) is 0.705. The molecule has 1 saturated heterocycles. The summed E-state index contributed by atoms with van der Waals surface area (Å²) < 4.78 is 26.9. The summed E-state index contributed by atoms with van der Waals surface area (Å²) >= 11 is 5.92. The maximum atomic E-state index is 12.1. The van der Waals surface area contributed by atoms with Crippen molar-refractivity contribution >= 4 is 21.6 Å². The summed E-state index contributed by atoms with van der Waals surface area (Å²) in [5.41, 5.74) is 0. The lowest BCUT2D eigenvalue weighted by molar-refractivity contribution is 0.157. The summed E-state index contributed by atoms with van der Waals surface area (Å²) in [6.45, 7) is 2.53. The molecule has 0 amide bonds. The molecular formula is C15H23ClN2O3S. The lowest BCUT2D eigenvalue weighted by atomic mass is 10.2. The summed E-state index contributed by atoms with van der Waals surface area (Å²) in [5, 5.41) is 9.49. The molecule has 1 unspecified atom stereocenters. The van der Waals surface area contributed by atoms with E-state index in [4.69, 9.17) is 11.6 Å². The first-order valence-corrected chi connectivity index (χ1v) is 9.50. The van der Waals surface area contributed by atoms with Crippen molar-refractivity contribution in [1.82, 2.24) is 9.62 Å². The minimum atomic E-state index is -3.54. The van der Waals surface area contributed by atoms with E-state index in [0.717, 1.165) is 38.8 Å². The minimum Gasteiger partial charge on any atom is -0.395 e. The number of hydrogen-bond acceptors (Lipinski definition) is 4. The monoisotopic (exact) mass is 346 g/mol. The Bertz CT molecular complexity index is 580. The zero-order chi connectivity index (χ0) is 16.0. The topological polar surface area (TPSA) is 69.6 Å². The van der Waals surface area contributed by atoms with Crippen molar-refractivity contribution in [3.8, 4) is 0 Å². The van der Waals surface area contributed by atoms with Crippen molar-refractivity contribution < 1.29 is 13.5 Å². The molecule has 1 aromatic carbocycles. The maximum Gasteiger partial charge on any atom is 0.242 e. The molecule has 0 aliphatic carbocycles. The second-order valence-corrected chi connectivity index (χ2v) is 7.69. The van der Waals surface area contributed by atoms with Crippen molar-refractivity contribution in [1.29, 1.82) is 0 Å². The van der Waals surface area contributed by atoms with E-state index >= 15 is 0 Å². The van der Waals surface area contributed by atoms with Gasteiger partial charge < -0.3 is 5.11 Å². The molecule has 2 N–H and O–H groups in total. The Labute approximate surface area is 137 Å². The van der Waals surface area contributed by atoms with Gasteiger partial charge >= 0.3 is 0 Å². The normalized spacial score (nSPS) is 19.6. The van der Waals surface area contributed by atoms with Crippen LogP contribution in [-0.4, -0.2) is 50.7 Å². The summed E-state index contributed by atoms with van der Waals surface area (Å²) in [6.07, 6.45) is 3.85. The first-order chi connectivity index (χ1) is 10.5. The molecule has 1 aromatic rings. The molecule has 1 aliphatic heterocycles. The van der Waals surface area contributed by atoms with E-state index in [-0.39, 0.29) is 22.6 Å². The molecule has 1 atom stereocenters. The number of hydrogen-bond donors (Lipinski definition) is 2. The molecule has 124 valence electrons. The van der Waals surface area contributed by atoms with E-state index in [1.54, 1.807) is 18.2 Å². The van der Waals surface area contributed by atoms with E-state index < -0.39 is 10.0 Å². The standard InChI is InChI=1S/C15H23ClN2O3S/c16-14-7-1-2-8-15(14)22(20,21)17-9-3-4-10-18-11-5-6-13(18)12-19/h1-2,7-8,13,17,19H,3-6,9-12H2. The van der Waals surface area contributed by atoms with Crippen LogP contribution in [0, 0.1) is 0 Å². The Morgan fingerprint density at radius 2 is 2.09 bits per heavy atom. The van der Waals surface area contributed by atoms with E-state index in [1.165, 1.54) is 6.07 Å². The molecule has 22 heavy (non-hydrogen) atoms. The maximum absolute atomic E-state index is 12.1. The van der Waals surface area contributed by atoms with Crippen molar-refractivity contribution in [3.63, 3.8) is 0 Å². The fourth-order valence-corrected chi connectivity index (χ4v) is 4.37. The second-order valence-electron chi connectivity index (χ2n) is 5.55. The van der Waals surface area contributed by atoms with E-state index in [0.29, 0.717) is 6.54 Å². The van der Waals surface area contributed by atoms with Gasteiger partial charge in [-0.15, -0.1) is 0 Å². The van der Waals surface area contributed by atoms with Crippen LogP contribution in [0.5, 0.6) is 0 Å². The number of rotatable bonds is 8. The van der Waals surface area contributed by atoms with Gasteiger partial charge in [-0.2, -0.15) is 0 Å². The zero-order valence-electron chi connectivity index (χ0n) is 12.5. The molecule has 1 fully saturated rings. The van der Waals surface area contributed by atoms with Gasteiger partial charge in [-0.1, -0.05) is 23.7 Å². The molecule has 7 heteroatoms. The lowest BCUT2D eigenvalue weighted by Crippen LogP contribution is -2.33. The van der Waals surface area contributed by atoms with Gasteiger partial charge in [0.25, 0.3) is 0 Å². The van der Waals surface area contributed by atoms with Gasteiger partial charge in [0.05, 0.1) is 11.6 Å². The first-order valence-electron chi connectivity index (χ1n) is 7.63. The number of aliphatic hydroxyl groups is 1. The van der Waals surface area contributed by atoms with E-state index in [9.17, 15) is 13.5 Å². The molecule has 5 nitrogen and oxygen atoms in total. The van der Waals surface area contributed by atoms with Gasteiger partial charge in [0.2, 0.25) is 10.0 Å². The fourth-order valence-electron chi connectivity index (χ4n) is 2.78. The van der Waals surface area contributed by atoms with Crippen LogP contribution in [0.25, 0.3) is 0 Å². The van der Waals surface area contributed by atoms with Gasteiger partial charge in [-0.25, -0.2) is 13.1 Å². The molecule has 2 rings (SSSR count). The lowest BCUT2D eigenvalue weighted by Gasteiger charge is -2.22. The highest BCUT2D eigenvalue weighted by Gasteiger charge is 2.22. The number of aliphatic hydroxyl groups excluding tert-OH is 1. The molecule has 0 bridgehead atoms. The molecular weight excluding hydrogens is 324 g/mol.